The SMILES string of the molecule is C=C(C)C(=O)OCCOCCOc1ccc(-c2cccc3cc4ccccc4cc23)cc1. The van der Waals surface area contributed by atoms with Gasteiger partial charge < -0.3 is 14.2 Å². The molecule has 0 heterocycles. The molecule has 0 N–H and O–H groups in total. The van der Waals surface area contributed by atoms with E-state index in [1.807, 2.05) is 12.1 Å². The number of ether oxygens (including phenoxy) is 3. The first-order chi connectivity index (χ1) is 15.6. The third-order valence-electron chi connectivity index (χ3n) is 5.22. The molecular formula is C28H26O4. The van der Waals surface area contributed by atoms with E-state index in [1.165, 1.54) is 27.1 Å². The van der Waals surface area contributed by atoms with Gasteiger partial charge in [0.2, 0.25) is 0 Å². The van der Waals surface area contributed by atoms with Gasteiger partial charge in [-0.1, -0.05) is 61.2 Å². The maximum Gasteiger partial charge on any atom is 0.333 e. The van der Waals surface area contributed by atoms with Gasteiger partial charge in [-0.15, -0.1) is 0 Å². The van der Waals surface area contributed by atoms with Crippen LogP contribution < -0.4 is 4.74 Å². The van der Waals surface area contributed by atoms with Crippen molar-refractivity contribution in [2.75, 3.05) is 26.4 Å². The maximum absolute atomic E-state index is 11.3. The van der Waals surface area contributed by atoms with Gasteiger partial charge in [-0.05, 0) is 63.9 Å². The van der Waals surface area contributed by atoms with Crippen molar-refractivity contribution in [3.8, 4) is 16.9 Å². The minimum Gasteiger partial charge on any atom is -0.491 e. The fourth-order valence-corrected chi connectivity index (χ4v) is 3.59. The molecule has 4 nitrogen and oxygen atoms in total. The molecule has 32 heavy (non-hydrogen) atoms. The molecule has 0 unspecified atom stereocenters. The Balaban J connectivity index is 1.35. The summed E-state index contributed by atoms with van der Waals surface area (Å²) in [6, 6.07) is 27.5. The molecule has 0 aliphatic heterocycles. The highest BCUT2D eigenvalue weighted by Crippen LogP contribution is 2.32. The van der Waals surface area contributed by atoms with Crippen LogP contribution in [0.3, 0.4) is 0 Å². The monoisotopic (exact) mass is 426 g/mol. The number of rotatable bonds is 9. The van der Waals surface area contributed by atoms with Gasteiger partial charge in [-0.3, -0.25) is 0 Å². The molecule has 0 spiro atoms. The summed E-state index contributed by atoms with van der Waals surface area (Å²) in [7, 11) is 0. The average Bonchev–Trinajstić information content (AvgIpc) is 2.82. The maximum atomic E-state index is 11.3. The molecule has 0 aliphatic rings. The lowest BCUT2D eigenvalue weighted by molar-refractivity contribution is -0.140. The highest BCUT2D eigenvalue weighted by Gasteiger charge is 2.06. The summed E-state index contributed by atoms with van der Waals surface area (Å²) in [6.07, 6.45) is 0. The first-order valence-electron chi connectivity index (χ1n) is 10.7. The van der Waals surface area contributed by atoms with Gasteiger partial charge >= 0.3 is 5.97 Å². The number of esters is 1. The van der Waals surface area contributed by atoms with Gasteiger partial charge in [0, 0.05) is 5.57 Å². The third-order valence-corrected chi connectivity index (χ3v) is 5.22. The lowest BCUT2D eigenvalue weighted by Gasteiger charge is -2.11. The van der Waals surface area contributed by atoms with Gasteiger partial charge in [0.1, 0.15) is 19.0 Å². The summed E-state index contributed by atoms with van der Waals surface area (Å²) in [5.41, 5.74) is 2.73. The average molecular weight is 427 g/mol. The molecule has 162 valence electrons. The van der Waals surface area contributed by atoms with Crippen LogP contribution in [0.25, 0.3) is 32.7 Å². The summed E-state index contributed by atoms with van der Waals surface area (Å²) in [4.78, 5) is 11.3. The Morgan fingerprint density at radius 2 is 1.47 bits per heavy atom. The number of carbonyl (C=O) groups excluding carboxylic acids is 1. The van der Waals surface area contributed by atoms with E-state index in [-0.39, 0.29) is 6.61 Å². The molecule has 4 heteroatoms. The summed E-state index contributed by atoms with van der Waals surface area (Å²) in [5.74, 6) is 0.390. The van der Waals surface area contributed by atoms with E-state index in [1.54, 1.807) is 6.92 Å². The molecular weight excluding hydrogens is 400 g/mol. The van der Waals surface area contributed by atoms with Crippen molar-refractivity contribution in [1.82, 2.24) is 0 Å². The van der Waals surface area contributed by atoms with Crippen LogP contribution >= 0.6 is 0 Å². The fraction of sp³-hybridized carbons (Fsp3) is 0.179. The van der Waals surface area contributed by atoms with E-state index < -0.39 is 5.97 Å². The molecule has 0 saturated carbocycles. The van der Waals surface area contributed by atoms with Gasteiger partial charge in [0.05, 0.1) is 13.2 Å². The van der Waals surface area contributed by atoms with Crippen molar-refractivity contribution in [3.63, 3.8) is 0 Å². The standard InChI is InChI=1S/C28H26O4/c1-20(2)28(29)32-17-15-30-14-16-31-25-12-10-21(11-13-25)26-9-5-8-24-18-22-6-3-4-7-23(22)19-27(24)26/h3-13,18-19H,1,14-17H2,2H3. The first kappa shape index (κ1) is 21.6. The Morgan fingerprint density at radius 3 is 2.22 bits per heavy atom. The van der Waals surface area contributed by atoms with E-state index in [4.69, 9.17) is 14.2 Å². The van der Waals surface area contributed by atoms with E-state index >= 15 is 0 Å². The summed E-state index contributed by atoms with van der Waals surface area (Å²) >= 11 is 0. The largest absolute Gasteiger partial charge is 0.491 e. The molecule has 0 atom stereocenters. The van der Waals surface area contributed by atoms with Crippen LogP contribution in [0, 0.1) is 0 Å². The zero-order valence-corrected chi connectivity index (χ0v) is 18.2. The van der Waals surface area contributed by atoms with Crippen molar-refractivity contribution < 1.29 is 19.0 Å². The lowest BCUT2D eigenvalue weighted by Crippen LogP contribution is -2.13. The number of benzene rings is 4. The van der Waals surface area contributed by atoms with Gasteiger partial charge in [-0.25, -0.2) is 4.79 Å². The quantitative estimate of drug-likeness (QED) is 0.139. The lowest BCUT2D eigenvalue weighted by atomic mass is 9.95. The predicted octanol–water partition coefficient (Wildman–Crippen LogP) is 6.17. The van der Waals surface area contributed by atoms with Gasteiger partial charge in [-0.2, -0.15) is 0 Å². The van der Waals surface area contributed by atoms with Crippen LogP contribution in [-0.4, -0.2) is 32.4 Å². The molecule has 4 rings (SSSR count). The minimum atomic E-state index is -0.399. The minimum absolute atomic E-state index is 0.209. The number of hydrogen-bond acceptors (Lipinski definition) is 4. The molecule has 0 radical (unpaired) electrons. The Morgan fingerprint density at radius 1 is 0.781 bits per heavy atom. The topological polar surface area (TPSA) is 44.8 Å². The zero-order chi connectivity index (χ0) is 22.3. The van der Waals surface area contributed by atoms with E-state index in [0.29, 0.717) is 25.4 Å². The van der Waals surface area contributed by atoms with E-state index in [9.17, 15) is 4.79 Å². The molecule has 4 aromatic rings. The number of fused-ring (bicyclic) bond motifs is 2. The second kappa shape index (κ2) is 10.1. The van der Waals surface area contributed by atoms with Crippen molar-refractivity contribution >= 4 is 27.5 Å². The van der Waals surface area contributed by atoms with Crippen molar-refractivity contribution in [2.45, 2.75) is 6.92 Å². The Bertz CT molecular complexity index is 1240. The predicted molar refractivity (Wildman–Crippen MR) is 129 cm³/mol. The van der Waals surface area contributed by atoms with Crippen LogP contribution in [0.5, 0.6) is 5.75 Å². The third kappa shape index (κ3) is 5.16. The highest BCUT2D eigenvalue weighted by molar-refractivity contribution is 6.04. The summed E-state index contributed by atoms with van der Waals surface area (Å²) in [5, 5.41) is 4.95. The van der Waals surface area contributed by atoms with Crippen LogP contribution in [0.2, 0.25) is 0 Å². The van der Waals surface area contributed by atoms with E-state index in [2.05, 4.69) is 73.3 Å². The van der Waals surface area contributed by atoms with Crippen LogP contribution in [0.15, 0.2) is 91.0 Å². The summed E-state index contributed by atoms with van der Waals surface area (Å²) in [6.45, 7) is 6.53. The van der Waals surface area contributed by atoms with Gasteiger partial charge in [0.25, 0.3) is 0 Å². The number of carbonyl (C=O) groups is 1. The molecule has 0 amide bonds. The molecule has 0 aromatic heterocycles. The van der Waals surface area contributed by atoms with Crippen molar-refractivity contribution in [1.29, 1.82) is 0 Å². The number of hydrogen-bond donors (Lipinski definition) is 0. The second-order valence-electron chi connectivity index (χ2n) is 7.63. The Labute approximate surface area is 188 Å². The summed E-state index contributed by atoms with van der Waals surface area (Å²) < 4.78 is 16.2. The van der Waals surface area contributed by atoms with Crippen LogP contribution in [0.1, 0.15) is 6.92 Å². The molecule has 0 aliphatic carbocycles. The molecule has 0 saturated heterocycles. The Kier molecular flexibility index (Phi) is 6.83. The van der Waals surface area contributed by atoms with Crippen LogP contribution in [0.4, 0.5) is 0 Å². The highest BCUT2D eigenvalue weighted by atomic mass is 16.6. The zero-order valence-electron chi connectivity index (χ0n) is 18.2. The first-order valence-corrected chi connectivity index (χ1v) is 10.7. The normalized spacial score (nSPS) is 10.9. The van der Waals surface area contributed by atoms with Crippen LogP contribution in [-0.2, 0) is 14.3 Å². The van der Waals surface area contributed by atoms with Crippen molar-refractivity contribution in [3.05, 3.63) is 91.0 Å². The smallest absolute Gasteiger partial charge is 0.333 e. The molecule has 4 aromatic carbocycles. The fourth-order valence-electron chi connectivity index (χ4n) is 3.59. The van der Waals surface area contributed by atoms with E-state index in [0.717, 1.165) is 11.3 Å². The Hall–Kier alpha value is -3.63. The molecule has 0 fully saturated rings. The molecule has 0 bridgehead atoms. The van der Waals surface area contributed by atoms with Gasteiger partial charge in [0.15, 0.2) is 0 Å². The van der Waals surface area contributed by atoms with Crippen molar-refractivity contribution in [2.24, 2.45) is 0 Å². The second-order valence-corrected chi connectivity index (χ2v) is 7.63.